The van der Waals surface area contributed by atoms with Gasteiger partial charge in [-0.1, -0.05) is 24.3 Å². The monoisotopic (exact) mass is 410 g/mol. The van der Waals surface area contributed by atoms with Crippen molar-refractivity contribution in [3.05, 3.63) is 65.2 Å². The number of halogens is 4. The third-order valence-corrected chi connectivity index (χ3v) is 6.38. The number of hydrogen-bond acceptors (Lipinski definition) is 2. The van der Waals surface area contributed by atoms with Crippen LogP contribution in [-0.2, 0) is 0 Å². The average Bonchev–Trinajstić information content (AvgIpc) is 2.69. The number of benzene rings is 2. The van der Waals surface area contributed by atoms with Gasteiger partial charge in [0, 0.05) is 27.7 Å². The highest BCUT2D eigenvalue weighted by Crippen LogP contribution is 2.43. The zero-order valence-electron chi connectivity index (χ0n) is 15.8. The normalized spacial score (nSPS) is 19.9. The Hall–Kier alpha value is -1.95. The first-order valence-electron chi connectivity index (χ1n) is 9.31. The second-order valence-electron chi connectivity index (χ2n) is 6.69. The minimum atomic E-state index is -1.25. The third-order valence-electron chi connectivity index (χ3n) is 4.87. The van der Waals surface area contributed by atoms with Gasteiger partial charge in [0.05, 0.1) is 6.61 Å². The Bertz CT molecular complexity index is 873. The molecule has 2 atom stereocenters. The maximum atomic E-state index is 14.8. The van der Waals surface area contributed by atoms with Crippen molar-refractivity contribution in [2.75, 3.05) is 12.4 Å². The highest BCUT2D eigenvalue weighted by Gasteiger charge is 2.27. The lowest BCUT2D eigenvalue weighted by Crippen LogP contribution is -2.13. The van der Waals surface area contributed by atoms with E-state index >= 15 is 0 Å². The van der Waals surface area contributed by atoms with E-state index in [0.717, 1.165) is 18.6 Å². The molecule has 0 spiro atoms. The summed E-state index contributed by atoms with van der Waals surface area (Å²) in [7, 11) is 0. The SMILES string of the molecule is CC=CC1CC[C@@H](c2ccc(-c3ccc(OCC)c(F)c3F)c(F)c2F)SC1. The molecule has 0 bridgehead atoms. The Balaban J connectivity index is 1.90. The maximum Gasteiger partial charge on any atom is 0.201 e. The summed E-state index contributed by atoms with van der Waals surface area (Å²) < 4.78 is 63.0. The fraction of sp³-hybridized carbons (Fsp3) is 0.364. The second-order valence-corrected chi connectivity index (χ2v) is 7.92. The predicted molar refractivity (Wildman–Crippen MR) is 106 cm³/mol. The minimum absolute atomic E-state index is 0.146. The predicted octanol–water partition coefficient (Wildman–Crippen LogP) is 7.07. The smallest absolute Gasteiger partial charge is 0.201 e. The first-order valence-corrected chi connectivity index (χ1v) is 10.4. The molecule has 6 heteroatoms. The maximum absolute atomic E-state index is 14.8. The number of ether oxygens (including phenoxy) is 1. The van der Waals surface area contributed by atoms with Crippen LogP contribution in [0.3, 0.4) is 0 Å². The standard InChI is InChI=1S/C22H22F4OS/c1-3-5-13-6-11-18(28-12-13)16-8-7-14(19(23)21(16)25)15-9-10-17(27-4-2)22(26)20(15)24/h3,5,7-10,13,18H,4,6,11-12H2,1-2H3/t13?,18-/m0/s1. The fourth-order valence-corrected chi connectivity index (χ4v) is 4.89. The average molecular weight is 410 g/mol. The van der Waals surface area contributed by atoms with Crippen LogP contribution in [0.1, 0.15) is 37.5 Å². The molecule has 1 aliphatic heterocycles. The molecule has 1 unspecified atom stereocenters. The molecule has 150 valence electrons. The van der Waals surface area contributed by atoms with Gasteiger partial charge >= 0.3 is 0 Å². The fourth-order valence-electron chi connectivity index (χ4n) is 3.47. The molecule has 0 amide bonds. The van der Waals surface area contributed by atoms with Gasteiger partial charge < -0.3 is 4.74 Å². The lowest BCUT2D eigenvalue weighted by atomic mass is 9.96. The van der Waals surface area contributed by atoms with Crippen molar-refractivity contribution < 1.29 is 22.3 Å². The van der Waals surface area contributed by atoms with E-state index in [1.807, 2.05) is 13.0 Å². The van der Waals surface area contributed by atoms with Crippen LogP contribution in [0.15, 0.2) is 36.4 Å². The molecule has 0 radical (unpaired) electrons. The summed E-state index contributed by atoms with van der Waals surface area (Å²) in [4.78, 5) is 0. The van der Waals surface area contributed by atoms with Gasteiger partial charge in [0.1, 0.15) is 0 Å². The zero-order valence-corrected chi connectivity index (χ0v) is 16.6. The Morgan fingerprint density at radius 3 is 2.25 bits per heavy atom. The summed E-state index contributed by atoms with van der Waals surface area (Å²) in [6.07, 6.45) is 5.78. The summed E-state index contributed by atoms with van der Waals surface area (Å²) in [5.41, 5.74) is -0.348. The van der Waals surface area contributed by atoms with Crippen LogP contribution in [0.2, 0.25) is 0 Å². The zero-order chi connectivity index (χ0) is 20.3. The van der Waals surface area contributed by atoms with Gasteiger partial charge in [0.15, 0.2) is 23.2 Å². The van der Waals surface area contributed by atoms with E-state index in [9.17, 15) is 17.6 Å². The molecule has 0 aromatic heterocycles. The molecular formula is C22H22F4OS. The molecule has 0 N–H and O–H groups in total. The molecule has 1 saturated heterocycles. The van der Waals surface area contributed by atoms with Crippen LogP contribution in [0.25, 0.3) is 11.1 Å². The molecule has 0 aliphatic carbocycles. The summed E-state index contributed by atoms with van der Waals surface area (Å²) in [5.74, 6) is -3.57. The first-order chi connectivity index (χ1) is 13.5. The van der Waals surface area contributed by atoms with Crippen LogP contribution in [0.4, 0.5) is 17.6 Å². The van der Waals surface area contributed by atoms with E-state index in [1.54, 1.807) is 18.7 Å². The molecule has 2 aromatic rings. The molecule has 1 heterocycles. The summed E-state index contributed by atoms with van der Waals surface area (Å²) in [6, 6.07) is 5.23. The van der Waals surface area contributed by atoms with Crippen molar-refractivity contribution in [2.24, 2.45) is 5.92 Å². The van der Waals surface area contributed by atoms with E-state index in [2.05, 4.69) is 6.08 Å². The van der Waals surface area contributed by atoms with Crippen LogP contribution in [-0.4, -0.2) is 12.4 Å². The summed E-state index contributed by atoms with van der Waals surface area (Å²) >= 11 is 1.59. The van der Waals surface area contributed by atoms with E-state index in [1.165, 1.54) is 24.3 Å². The minimum Gasteiger partial charge on any atom is -0.491 e. The van der Waals surface area contributed by atoms with Crippen LogP contribution in [0.5, 0.6) is 5.75 Å². The van der Waals surface area contributed by atoms with Gasteiger partial charge in [0.2, 0.25) is 5.82 Å². The number of rotatable bonds is 5. The second kappa shape index (κ2) is 9.03. The van der Waals surface area contributed by atoms with Gasteiger partial charge in [-0.3, -0.25) is 0 Å². The lowest BCUT2D eigenvalue weighted by Gasteiger charge is -2.27. The van der Waals surface area contributed by atoms with Crippen molar-refractivity contribution in [1.82, 2.24) is 0 Å². The molecule has 1 nitrogen and oxygen atoms in total. The topological polar surface area (TPSA) is 9.23 Å². The Morgan fingerprint density at radius 2 is 1.64 bits per heavy atom. The van der Waals surface area contributed by atoms with Gasteiger partial charge in [0.25, 0.3) is 0 Å². The van der Waals surface area contributed by atoms with Gasteiger partial charge in [-0.05, 0) is 44.7 Å². The van der Waals surface area contributed by atoms with Gasteiger partial charge in [-0.15, -0.1) is 0 Å². The van der Waals surface area contributed by atoms with Gasteiger partial charge in [-0.2, -0.15) is 16.2 Å². The Kier molecular flexibility index (Phi) is 6.70. The largest absolute Gasteiger partial charge is 0.491 e. The Morgan fingerprint density at radius 1 is 0.964 bits per heavy atom. The molecule has 1 fully saturated rings. The van der Waals surface area contributed by atoms with Crippen LogP contribution >= 0.6 is 11.8 Å². The summed E-state index contributed by atoms with van der Waals surface area (Å²) in [5, 5.41) is -0.146. The Labute approximate surface area is 166 Å². The van der Waals surface area contributed by atoms with Crippen molar-refractivity contribution >= 4 is 11.8 Å². The number of hydrogen-bond donors (Lipinski definition) is 0. The van der Waals surface area contributed by atoms with Crippen molar-refractivity contribution in [3.8, 4) is 16.9 Å². The van der Waals surface area contributed by atoms with Crippen molar-refractivity contribution in [2.45, 2.75) is 31.9 Å². The van der Waals surface area contributed by atoms with E-state index in [0.29, 0.717) is 5.92 Å². The highest BCUT2D eigenvalue weighted by atomic mass is 32.2. The first kappa shape index (κ1) is 20.8. The van der Waals surface area contributed by atoms with E-state index in [4.69, 9.17) is 4.74 Å². The van der Waals surface area contributed by atoms with Crippen LogP contribution in [0, 0.1) is 29.2 Å². The summed E-state index contributed by atoms with van der Waals surface area (Å²) in [6.45, 7) is 3.78. The quantitative estimate of drug-likeness (QED) is 0.385. The number of allylic oxidation sites excluding steroid dienone is 2. The molecule has 2 aromatic carbocycles. The van der Waals surface area contributed by atoms with Crippen molar-refractivity contribution in [3.63, 3.8) is 0 Å². The lowest BCUT2D eigenvalue weighted by molar-refractivity contribution is 0.314. The van der Waals surface area contributed by atoms with E-state index in [-0.39, 0.29) is 34.3 Å². The van der Waals surface area contributed by atoms with Gasteiger partial charge in [-0.25, -0.2) is 13.2 Å². The molecule has 28 heavy (non-hydrogen) atoms. The molecular weight excluding hydrogens is 388 g/mol. The highest BCUT2D eigenvalue weighted by molar-refractivity contribution is 7.99. The molecule has 0 saturated carbocycles. The third kappa shape index (κ3) is 4.07. The van der Waals surface area contributed by atoms with E-state index < -0.39 is 23.3 Å². The van der Waals surface area contributed by atoms with Crippen molar-refractivity contribution in [1.29, 1.82) is 0 Å². The van der Waals surface area contributed by atoms with Crippen LogP contribution < -0.4 is 4.74 Å². The molecule has 3 rings (SSSR count). The molecule has 1 aliphatic rings. The number of thioether (sulfide) groups is 1.